The molecule has 0 aliphatic carbocycles. The summed E-state index contributed by atoms with van der Waals surface area (Å²) in [6, 6.07) is 18.0. The van der Waals surface area contributed by atoms with Crippen LogP contribution in [0.1, 0.15) is 21.6 Å². The zero-order valence-corrected chi connectivity index (χ0v) is 16.7. The molecule has 0 saturated carbocycles. The van der Waals surface area contributed by atoms with E-state index < -0.39 is 5.97 Å². The minimum absolute atomic E-state index is 0.231. The molecule has 0 radical (unpaired) electrons. The van der Waals surface area contributed by atoms with E-state index >= 15 is 0 Å². The highest BCUT2D eigenvalue weighted by molar-refractivity contribution is 6.05. The first-order chi connectivity index (χ1) is 14.5. The summed E-state index contributed by atoms with van der Waals surface area (Å²) in [4.78, 5) is 17.9. The SMILES string of the molecule is COc1cc(C#N)ccc1OC(=O)c1cc(-c2ccccc2)nc2c1c(C)nn2C. The van der Waals surface area contributed by atoms with Gasteiger partial charge in [0.1, 0.15) is 0 Å². The van der Waals surface area contributed by atoms with Gasteiger partial charge in [0.25, 0.3) is 0 Å². The molecule has 0 aliphatic heterocycles. The van der Waals surface area contributed by atoms with Crippen LogP contribution in [0.3, 0.4) is 0 Å². The van der Waals surface area contributed by atoms with Gasteiger partial charge in [0, 0.05) is 18.7 Å². The van der Waals surface area contributed by atoms with E-state index in [1.807, 2.05) is 43.3 Å². The Labute approximate surface area is 173 Å². The molecule has 0 amide bonds. The van der Waals surface area contributed by atoms with Gasteiger partial charge in [-0.3, -0.25) is 4.68 Å². The van der Waals surface area contributed by atoms with Crippen molar-refractivity contribution in [1.29, 1.82) is 5.26 Å². The van der Waals surface area contributed by atoms with E-state index in [0.29, 0.717) is 39.3 Å². The normalized spacial score (nSPS) is 10.6. The van der Waals surface area contributed by atoms with Gasteiger partial charge in [0.15, 0.2) is 17.1 Å². The molecule has 0 saturated heterocycles. The number of fused-ring (bicyclic) bond motifs is 1. The number of esters is 1. The average molecular weight is 398 g/mol. The Balaban J connectivity index is 1.84. The number of carbonyl (C=O) groups is 1. The summed E-state index contributed by atoms with van der Waals surface area (Å²) >= 11 is 0. The van der Waals surface area contributed by atoms with E-state index in [-0.39, 0.29) is 5.75 Å². The highest BCUT2D eigenvalue weighted by atomic mass is 16.6. The van der Waals surface area contributed by atoms with Crippen LogP contribution in [0.5, 0.6) is 11.5 Å². The zero-order valence-electron chi connectivity index (χ0n) is 16.7. The Morgan fingerprint density at radius 3 is 2.57 bits per heavy atom. The predicted octanol–water partition coefficient (Wildman–Crippen LogP) is 4.04. The van der Waals surface area contributed by atoms with Gasteiger partial charge in [-0.2, -0.15) is 10.4 Å². The zero-order chi connectivity index (χ0) is 21.3. The third kappa shape index (κ3) is 3.35. The summed E-state index contributed by atoms with van der Waals surface area (Å²) in [5.41, 5.74) is 3.56. The van der Waals surface area contributed by atoms with E-state index in [2.05, 4.69) is 5.10 Å². The van der Waals surface area contributed by atoms with E-state index in [1.54, 1.807) is 29.9 Å². The molecular formula is C23H18N4O3. The van der Waals surface area contributed by atoms with Gasteiger partial charge in [-0.15, -0.1) is 0 Å². The summed E-state index contributed by atoms with van der Waals surface area (Å²) in [5.74, 6) is -0.0214. The standard InChI is InChI=1S/C23H18N4O3/c1-14-21-17(23(28)30-19-10-9-15(13-24)11-20(19)29-3)12-18(16-7-5-4-6-8-16)25-22(21)27(2)26-14/h4-12H,1-3H3. The molecule has 2 heterocycles. The molecule has 7 nitrogen and oxygen atoms in total. The number of pyridine rings is 1. The lowest BCUT2D eigenvalue weighted by Crippen LogP contribution is -2.11. The van der Waals surface area contributed by atoms with Crippen molar-refractivity contribution in [3.05, 3.63) is 71.4 Å². The van der Waals surface area contributed by atoms with Gasteiger partial charge in [-0.1, -0.05) is 30.3 Å². The molecule has 30 heavy (non-hydrogen) atoms. The van der Waals surface area contributed by atoms with E-state index in [0.717, 1.165) is 5.56 Å². The molecule has 0 aliphatic rings. The van der Waals surface area contributed by atoms with Crippen molar-refractivity contribution in [3.63, 3.8) is 0 Å². The summed E-state index contributed by atoms with van der Waals surface area (Å²) in [5, 5.41) is 14.1. The van der Waals surface area contributed by atoms with Crippen LogP contribution in [-0.2, 0) is 7.05 Å². The number of aryl methyl sites for hydroxylation is 2. The minimum atomic E-state index is -0.557. The lowest BCUT2D eigenvalue weighted by atomic mass is 10.1. The molecule has 148 valence electrons. The molecule has 0 unspecified atom stereocenters. The number of ether oxygens (including phenoxy) is 2. The Morgan fingerprint density at radius 1 is 1.10 bits per heavy atom. The van der Waals surface area contributed by atoms with Crippen molar-refractivity contribution in [2.24, 2.45) is 7.05 Å². The van der Waals surface area contributed by atoms with Crippen LogP contribution < -0.4 is 9.47 Å². The van der Waals surface area contributed by atoms with E-state index in [9.17, 15) is 4.79 Å². The van der Waals surface area contributed by atoms with Crippen LogP contribution in [-0.4, -0.2) is 27.8 Å². The first kappa shape index (κ1) is 19.2. The minimum Gasteiger partial charge on any atom is -0.493 e. The summed E-state index contributed by atoms with van der Waals surface area (Å²) in [6.45, 7) is 1.82. The number of nitrogens with zero attached hydrogens (tertiary/aromatic N) is 4. The van der Waals surface area contributed by atoms with Crippen LogP contribution in [0.25, 0.3) is 22.3 Å². The molecule has 4 aromatic rings. The lowest BCUT2D eigenvalue weighted by molar-refractivity contribution is 0.0731. The second-order valence-electron chi connectivity index (χ2n) is 6.70. The van der Waals surface area contributed by atoms with Crippen molar-refractivity contribution in [2.45, 2.75) is 6.92 Å². The molecule has 0 bridgehead atoms. The molecular weight excluding hydrogens is 380 g/mol. The van der Waals surface area contributed by atoms with Crippen molar-refractivity contribution in [2.75, 3.05) is 7.11 Å². The number of rotatable bonds is 4. The Hall–Kier alpha value is -4.18. The van der Waals surface area contributed by atoms with Crippen molar-refractivity contribution >= 4 is 17.0 Å². The fraction of sp³-hybridized carbons (Fsp3) is 0.130. The van der Waals surface area contributed by atoms with Gasteiger partial charge in [0.05, 0.1) is 41.1 Å². The maximum atomic E-state index is 13.2. The molecule has 2 aromatic carbocycles. The van der Waals surface area contributed by atoms with Gasteiger partial charge < -0.3 is 9.47 Å². The molecule has 0 atom stereocenters. The highest BCUT2D eigenvalue weighted by Gasteiger charge is 2.22. The van der Waals surface area contributed by atoms with Gasteiger partial charge in [-0.05, 0) is 25.1 Å². The van der Waals surface area contributed by atoms with E-state index in [4.69, 9.17) is 19.7 Å². The van der Waals surface area contributed by atoms with Crippen LogP contribution in [0.15, 0.2) is 54.6 Å². The Morgan fingerprint density at radius 2 is 1.87 bits per heavy atom. The van der Waals surface area contributed by atoms with E-state index in [1.165, 1.54) is 13.2 Å². The Bertz CT molecular complexity index is 1300. The third-order valence-corrected chi connectivity index (χ3v) is 4.75. The highest BCUT2D eigenvalue weighted by Crippen LogP contribution is 2.31. The number of hydrogen-bond acceptors (Lipinski definition) is 6. The van der Waals surface area contributed by atoms with Gasteiger partial charge in [-0.25, -0.2) is 9.78 Å². The molecule has 0 spiro atoms. The quantitative estimate of drug-likeness (QED) is 0.381. The number of nitriles is 1. The second kappa shape index (κ2) is 7.68. The lowest BCUT2D eigenvalue weighted by Gasteiger charge is -2.11. The van der Waals surface area contributed by atoms with Crippen molar-refractivity contribution < 1.29 is 14.3 Å². The number of aromatic nitrogens is 3. The molecule has 0 fully saturated rings. The molecule has 7 heteroatoms. The third-order valence-electron chi connectivity index (χ3n) is 4.75. The van der Waals surface area contributed by atoms with Gasteiger partial charge in [0.2, 0.25) is 0 Å². The largest absolute Gasteiger partial charge is 0.493 e. The van der Waals surface area contributed by atoms with Crippen LogP contribution in [0.4, 0.5) is 0 Å². The van der Waals surface area contributed by atoms with Crippen molar-refractivity contribution in [3.8, 4) is 28.8 Å². The molecule has 4 rings (SSSR count). The van der Waals surface area contributed by atoms with Crippen LogP contribution in [0.2, 0.25) is 0 Å². The maximum absolute atomic E-state index is 13.2. The maximum Gasteiger partial charge on any atom is 0.344 e. The number of carbonyl (C=O) groups excluding carboxylic acids is 1. The number of benzene rings is 2. The second-order valence-corrected chi connectivity index (χ2v) is 6.70. The first-order valence-electron chi connectivity index (χ1n) is 9.22. The molecule has 0 N–H and O–H groups in total. The Kier molecular flexibility index (Phi) is 4.90. The molecule has 2 aromatic heterocycles. The number of hydrogen-bond donors (Lipinski definition) is 0. The van der Waals surface area contributed by atoms with Crippen LogP contribution in [0, 0.1) is 18.3 Å². The van der Waals surface area contributed by atoms with Crippen LogP contribution >= 0.6 is 0 Å². The number of methoxy groups -OCH3 is 1. The smallest absolute Gasteiger partial charge is 0.344 e. The fourth-order valence-electron chi connectivity index (χ4n) is 3.34. The predicted molar refractivity (Wildman–Crippen MR) is 111 cm³/mol. The summed E-state index contributed by atoms with van der Waals surface area (Å²) in [6.07, 6.45) is 0. The average Bonchev–Trinajstić information content (AvgIpc) is 3.07. The topological polar surface area (TPSA) is 90.0 Å². The van der Waals surface area contributed by atoms with Gasteiger partial charge >= 0.3 is 5.97 Å². The van der Waals surface area contributed by atoms with Crippen molar-refractivity contribution in [1.82, 2.24) is 14.8 Å². The monoisotopic (exact) mass is 398 g/mol. The fourth-order valence-corrected chi connectivity index (χ4v) is 3.34. The summed E-state index contributed by atoms with van der Waals surface area (Å²) < 4.78 is 12.6. The summed E-state index contributed by atoms with van der Waals surface area (Å²) in [7, 11) is 3.24. The first-order valence-corrected chi connectivity index (χ1v) is 9.22.